The second-order valence-electron chi connectivity index (χ2n) is 3.60. The third-order valence-corrected chi connectivity index (χ3v) is 4.41. The second kappa shape index (κ2) is 7.85. The van der Waals surface area contributed by atoms with Gasteiger partial charge in [-0.25, -0.2) is 4.79 Å². The fourth-order valence-electron chi connectivity index (χ4n) is 1.24. The van der Waals surface area contributed by atoms with Gasteiger partial charge in [0.05, 0.1) is 5.56 Å². The highest BCUT2D eigenvalue weighted by molar-refractivity contribution is 7.84. The van der Waals surface area contributed by atoms with Gasteiger partial charge in [0, 0.05) is 45.2 Å². The lowest BCUT2D eigenvalue weighted by molar-refractivity contribution is -0.131. The monoisotopic (exact) mass is 301 g/mol. The summed E-state index contributed by atoms with van der Waals surface area (Å²) >= 11 is 1.29. The van der Waals surface area contributed by atoms with Gasteiger partial charge in [0.25, 0.3) is 5.91 Å². The molecule has 0 fully saturated rings. The lowest BCUT2D eigenvalue weighted by atomic mass is 10.3. The zero-order valence-electron chi connectivity index (χ0n) is 10.4. The van der Waals surface area contributed by atoms with Crippen LogP contribution in [0, 0.1) is 0 Å². The summed E-state index contributed by atoms with van der Waals surface area (Å²) in [5.74, 6) is -0.239. The minimum atomic E-state index is -1.03. The molecule has 1 amide bonds. The SMILES string of the molecule is CCS(=O)CCNC(=O)c1csc(/C=C/C(=O)O)c1. The first-order valence-corrected chi connectivity index (χ1v) is 8.02. The van der Waals surface area contributed by atoms with Crippen LogP contribution in [0.25, 0.3) is 6.08 Å². The van der Waals surface area contributed by atoms with Crippen molar-refractivity contribution in [2.75, 3.05) is 18.1 Å². The van der Waals surface area contributed by atoms with Gasteiger partial charge in [0.1, 0.15) is 0 Å². The quantitative estimate of drug-likeness (QED) is 0.745. The van der Waals surface area contributed by atoms with Crippen molar-refractivity contribution in [3.05, 3.63) is 28.0 Å². The molecule has 1 heterocycles. The molecule has 1 atom stereocenters. The van der Waals surface area contributed by atoms with E-state index in [0.717, 1.165) is 6.08 Å². The van der Waals surface area contributed by atoms with Gasteiger partial charge in [0.2, 0.25) is 0 Å². The van der Waals surface area contributed by atoms with E-state index < -0.39 is 16.8 Å². The van der Waals surface area contributed by atoms with E-state index in [1.165, 1.54) is 17.4 Å². The summed E-state index contributed by atoms with van der Waals surface area (Å²) in [5, 5.41) is 12.8. The van der Waals surface area contributed by atoms with E-state index in [0.29, 0.717) is 28.5 Å². The Morgan fingerprint density at radius 2 is 2.26 bits per heavy atom. The summed E-state index contributed by atoms with van der Waals surface area (Å²) in [4.78, 5) is 22.8. The average molecular weight is 301 g/mol. The van der Waals surface area contributed by atoms with Gasteiger partial charge >= 0.3 is 5.97 Å². The number of amides is 1. The molecule has 0 saturated carbocycles. The van der Waals surface area contributed by atoms with E-state index in [-0.39, 0.29) is 5.91 Å². The molecule has 0 aliphatic carbocycles. The number of hydrogen-bond acceptors (Lipinski definition) is 4. The molecule has 0 aromatic carbocycles. The molecule has 1 aromatic heterocycles. The molecule has 1 unspecified atom stereocenters. The summed E-state index contributed by atoms with van der Waals surface area (Å²) in [7, 11) is -0.891. The topological polar surface area (TPSA) is 83.5 Å². The molecule has 7 heteroatoms. The molecule has 0 aliphatic rings. The fraction of sp³-hybridized carbons (Fsp3) is 0.333. The summed E-state index contributed by atoms with van der Waals surface area (Å²) in [5.41, 5.74) is 0.484. The lowest BCUT2D eigenvalue weighted by Crippen LogP contribution is -2.27. The Bertz CT molecular complexity index is 508. The van der Waals surface area contributed by atoms with Gasteiger partial charge in [-0.15, -0.1) is 11.3 Å². The Morgan fingerprint density at radius 1 is 1.53 bits per heavy atom. The predicted molar refractivity (Wildman–Crippen MR) is 76.9 cm³/mol. The van der Waals surface area contributed by atoms with Gasteiger partial charge in [-0.1, -0.05) is 6.92 Å². The molecule has 1 rings (SSSR count). The molecule has 2 N–H and O–H groups in total. The molecule has 104 valence electrons. The fourth-order valence-corrected chi connectivity index (χ4v) is 2.64. The molecule has 0 bridgehead atoms. The molecular weight excluding hydrogens is 286 g/mol. The largest absolute Gasteiger partial charge is 0.478 e. The Kier molecular flexibility index (Phi) is 6.44. The van der Waals surface area contributed by atoms with Crippen LogP contribution in [-0.2, 0) is 15.6 Å². The molecule has 0 saturated heterocycles. The number of carbonyl (C=O) groups is 2. The first-order chi connectivity index (χ1) is 9.02. The van der Waals surface area contributed by atoms with Crippen LogP contribution < -0.4 is 5.32 Å². The van der Waals surface area contributed by atoms with Crippen LogP contribution in [0.15, 0.2) is 17.5 Å². The molecule has 0 aliphatic heterocycles. The third kappa shape index (κ3) is 5.80. The summed E-state index contributed by atoms with van der Waals surface area (Å²) < 4.78 is 11.2. The van der Waals surface area contributed by atoms with Crippen molar-refractivity contribution in [3.8, 4) is 0 Å². The molecule has 19 heavy (non-hydrogen) atoms. The lowest BCUT2D eigenvalue weighted by Gasteiger charge is -2.02. The Hall–Kier alpha value is -1.47. The number of carboxylic acids is 1. The van der Waals surface area contributed by atoms with Gasteiger partial charge in [-0.2, -0.15) is 0 Å². The van der Waals surface area contributed by atoms with Crippen molar-refractivity contribution in [1.29, 1.82) is 0 Å². The van der Waals surface area contributed by atoms with Gasteiger partial charge in [0.15, 0.2) is 0 Å². The van der Waals surface area contributed by atoms with Gasteiger partial charge < -0.3 is 10.4 Å². The number of hydrogen-bond donors (Lipinski definition) is 2. The average Bonchev–Trinajstić information content (AvgIpc) is 2.84. The highest BCUT2D eigenvalue weighted by Gasteiger charge is 2.07. The van der Waals surface area contributed by atoms with Crippen LogP contribution in [0.3, 0.4) is 0 Å². The third-order valence-electron chi connectivity index (χ3n) is 2.21. The normalized spacial score (nSPS) is 12.5. The molecule has 0 spiro atoms. The Morgan fingerprint density at radius 3 is 2.89 bits per heavy atom. The highest BCUT2D eigenvalue weighted by atomic mass is 32.2. The number of carbonyl (C=O) groups excluding carboxylic acids is 1. The number of nitrogens with one attached hydrogen (secondary N) is 1. The standard InChI is InChI=1S/C12H15NO4S2/c1-2-19(17)6-5-13-12(16)9-7-10(18-8-9)3-4-11(14)15/h3-4,7-8H,2,5-6H2,1H3,(H,13,16)(H,14,15)/b4-3+. The van der Waals surface area contributed by atoms with E-state index in [4.69, 9.17) is 5.11 Å². The first-order valence-electron chi connectivity index (χ1n) is 5.65. The van der Waals surface area contributed by atoms with Crippen LogP contribution >= 0.6 is 11.3 Å². The maximum absolute atomic E-state index is 11.7. The first kappa shape index (κ1) is 15.6. The summed E-state index contributed by atoms with van der Waals surface area (Å²) in [6.07, 6.45) is 2.47. The number of aliphatic carboxylic acids is 1. The van der Waals surface area contributed by atoms with E-state index in [9.17, 15) is 13.8 Å². The van der Waals surface area contributed by atoms with Crippen molar-refractivity contribution in [2.24, 2.45) is 0 Å². The summed E-state index contributed by atoms with van der Waals surface area (Å²) in [6.45, 7) is 2.20. The molecular formula is C12H15NO4S2. The van der Waals surface area contributed by atoms with Crippen LogP contribution in [0.5, 0.6) is 0 Å². The molecule has 0 radical (unpaired) electrons. The van der Waals surface area contributed by atoms with Gasteiger partial charge in [-0.3, -0.25) is 9.00 Å². The van der Waals surface area contributed by atoms with Crippen LogP contribution in [-0.4, -0.2) is 39.2 Å². The van der Waals surface area contributed by atoms with Crippen molar-refractivity contribution >= 4 is 40.1 Å². The maximum Gasteiger partial charge on any atom is 0.328 e. The van der Waals surface area contributed by atoms with Crippen molar-refractivity contribution in [1.82, 2.24) is 5.32 Å². The Labute approximate surface area is 117 Å². The predicted octanol–water partition coefficient (Wildman–Crippen LogP) is 1.34. The zero-order chi connectivity index (χ0) is 14.3. The number of carboxylic acid groups (broad SMARTS) is 1. The summed E-state index contributed by atoms with van der Waals surface area (Å²) in [6, 6.07) is 1.62. The van der Waals surface area contributed by atoms with E-state index in [1.807, 2.05) is 6.92 Å². The molecule has 1 aromatic rings. The highest BCUT2D eigenvalue weighted by Crippen LogP contribution is 2.16. The van der Waals surface area contributed by atoms with E-state index >= 15 is 0 Å². The minimum absolute atomic E-state index is 0.237. The van der Waals surface area contributed by atoms with Crippen LogP contribution in [0.4, 0.5) is 0 Å². The minimum Gasteiger partial charge on any atom is -0.478 e. The van der Waals surface area contributed by atoms with E-state index in [1.54, 1.807) is 11.4 Å². The zero-order valence-corrected chi connectivity index (χ0v) is 12.1. The number of rotatable bonds is 7. The Balaban J connectivity index is 2.49. The molecule has 5 nitrogen and oxygen atoms in total. The smallest absolute Gasteiger partial charge is 0.328 e. The van der Waals surface area contributed by atoms with Gasteiger partial charge in [-0.05, 0) is 12.1 Å². The maximum atomic E-state index is 11.7. The van der Waals surface area contributed by atoms with E-state index in [2.05, 4.69) is 5.32 Å². The van der Waals surface area contributed by atoms with Crippen molar-refractivity contribution < 1.29 is 18.9 Å². The second-order valence-corrected chi connectivity index (χ2v) is 6.41. The van der Waals surface area contributed by atoms with Crippen molar-refractivity contribution in [3.63, 3.8) is 0 Å². The van der Waals surface area contributed by atoms with Crippen molar-refractivity contribution in [2.45, 2.75) is 6.92 Å². The van der Waals surface area contributed by atoms with Crippen LogP contribution in [0.1, 0.15) is 22.2 Å². The van der Waals surface area contributed by atoms with Crippen LogP contribution in [0.2, 0.25) is 0 Å². The number of thiophene rings is 1.